The highest BCUT2D eigenvalue weighted by Crippen LogP contribution is 2.38. The van der Waals surface area contributed by atoms with Gasteiger partial charge in [-0.25, -0.2) is 9.48 Å². The molecule has 0 radical (unpaired) electrons. The fourth-order valence-corrected chi connectivity index (χ4v) is 4.56. The van der Waals surface area contributed by atoms with Gasteiger partial charge in [0.2, 0.25) is 5.91 Å². The van der Waals surface area contributed by atoms with Crippen LogP contribution in [-0.2, 0) is 27.2 Å². The van der Waals surface area contributed by atoms with Crippen LogP contribution in [0, 0.1) is 0 Å². The highest BCUT2D eigenvalue weighted by atomic mass is 32.1. The molecular formula is C19H24N4O4S. The van der Waals surface area contributed by atoms with Crippen molar-refractivity contribution in [3.63, 3.8) is 0 Å². The molecule has 8 nitrogen and oxygen atoms in total. The van der Waals surface area contributed by atoms with Crippen LogP contribution in [0.5, 0.6) is 0 Å². The number of anilines is 2. The molecule has 9 heteroatoms. The summed E-state index contributed by atoms with van der Waals surface area (Å²) in [5.74, 6) is -0.730. The highest BCUT2D eigenvalue weighted by molar-refractivity contribution is 7.17. The average molecular weight is 404 g/mol. The normalized spacial score (nSPS) is 13.1. The molecular weight excluding hydrogens is 380 g/mol. The van der Waals surface area contributed by atoms with E-state index in [1.165, 1.54) is 18.3 Å². The van der Waals surface area contributed by atoms with Crippen LogP contribution in [0.4, 0.5) is 10.8 Å². The molecule has 2 N–H and O–H groups in total. The predicted molar refractivity (Wildman–Crippen MR) is 107 cm³/mol. The molecule has 2 amide bonds. The average Bonchev–Trinajstić information content (AvgIpc) is 3.23. The smallest absolute Gasteiger partial charge is 0.341 e. The number of nitrogens with one attached hydrogen (secondary N) is 2. The predicted octanol–water partition coefficient (Wildman–Crippen LogP) is 3.16. The summed E-state index contributed by atoms with van der Waals surface area (Å²) in [4.78, 5) is 37.5. The molecule has 1 aliphatic rings. The zero-order valence-corrected chi connectivity index (χ0v) is 17.0. The molecule has 0 atom stereocenters. The number of hydrogen-bond acceptors (Lipinski definition) is 6. The van der Waals surface area contributed by atoms with E-state index in [9.17, 15) is 14.4 Å². The number of thiophene rings is 1. The quantitative estimate of drug-likeness (QED) is 0.720. The number of amides is 2. The van der Waals surface area contributed by atoms with Crippen LogP contribution in [0.1, 0.15) is 60.5 Å². The van der Waals surface area contributed by atoms with Gasteiger partial charge in [-0.1, -0.05) is 0 Å². The molecule has 1 aliphatic carbocycles. The summed E-state index contributed by atoms with van der Waals surface area (Å²) in [5.41, 5.74) is 1.32. The second-order valence-corrected chi connectivity index (χ2v) is 8.08. The fourth-order valence-electron chi connectivity index (χ4n) is 3.24. The Morgan fingerprint density at radius 2 is 2.00 bits per heavy atom. The van der Waals surface area contributed by atoms with Gasteiger partial charge in [0.05, 0.1) is 11.8 Å². The van der Waals surface area contributed by atoms with Gasteiger partial charge in [0, 0.05) is 23.9 Å². The largest absolute Gasteiger partial charge is 0.452 e. The van der Waals surface area contributed by atoms with Crippen molar-refractivity contribution in [2.45, 2.75) is 52.5 Å². The van der Waals surface area contributed by atoms with Crippen LogP contribution in [-0.4, -0.2) is 34.2 Å². The Balaban J connectivity index is 1.69. The second kappa shape index (κ2) is 8.55. The van der Waals surface area contributed by atoms with E-state index in [2.05, 4.69) is 15.7 Å². The first-order chi connectivity index (χ1) is 13.4. The zero-order chi connectivity index (χ0) is 20.3. The van der Waals surface area contributed by atoms with Gasteiger partial charge in [-0.2, -0.15) is 5.10 Å². The summed E-state index contributed by atoms with van der Waals surface area (Å²) in [5, 5.41) is 10.1. The number of carbonyl (C=O) groups excluding carboxylic acids is 3. The molecule has 0 spiro atoms. The van der Waals surface area contributed by atoms with Crippen molar-refractivity contribution >= 4 is 39.9 Å². The Morgan fingerprint density at radius 1 is 1.25 bits per heavy atom. The molecule has 0 fully saturated rings. The maximum Gasteiger partial charge on any atom is 0.341 e. The van der Waals surface area contributed by atoms with Crippen molar-refractivity contribution in [2.75, 3.05) is 17.2 Å². The molecule has 0 unspecified atom stereocenters. The summed E-state index contributed by atoms with van der Waals surface area (Å²) < 4.78 is 6.93. The van der Waals surface area contributed by atoms with Gasteiger partial charge in [0.15, 0.2) is 6.61 Å². The lowest BCUT2D eigenvalue weighted by atomic mass is 9.95. The lowest BCUT2D eigenvalue weighted by Crippen LogP contribution is -2.23. The molecule has 2 heterocycles. The van der Waals surface area contributed by atoms with E-state index < -0.39 is 18.5 Å². The van der Waals surface area contributed by atoms with Gasteiger partial charge in [0.1, 0.15) is 10.8 Å². The van der Waals surface area contributed by atoms with Gasteiger partial charge in [-0.3, -0.25) is 9.59 Å². The topological polar surface area (TPSA) is 102 Å². The van der Waals surface area contributed by atoms with E-state index >= 15 is 0 Å². The lowest BCUT2D eigenvalue weighted by Gasteiger charge is -2.13. The van der Waals surface area contributed by atoms with Crippen molar-refractivity contribution in [1.29, 1.82) is 0 Å². The Hall–Kier alpha value is -2.68. The molecule has 2 aromatic heterocycles. The van der Waals surface area contributed by atoms with Crippen LogP contribution in [0.2, 0.25) is 0 Å². The van der Waals surface area contributed by atoms with Gasteiger partial charge in [-0.15, -0.1) is 11.3 Å². The summed E-state index contributed by atoms with van der Waals surface area (Å²) in [6, 6.07) is 1.77. The van der Waals surface area contributed by atoms with Crippen LogP contribution in [0.15, 0.2) is 12.3 Å². The third kappa shape index (κ3) is 4.41. The molecule has 2 aromatic rings. The SMILES string of the molecule is CC(=O)Nc1sc2c(c1C(=O)OCC(=O)Nc1ccnn1C(C)C)CCCC2. The van der Waals surface area contributed by atoms with Crippen LogP contribution >= 0.6 is 11.3 Å². The number of hydrogen-bond donors (Lipinski definition) is 2. The van der Waals surface area contributed by atoms with Crippen LogP contribution in [0.3, 0.4) is 0 Å². The molecule has 0 aliphatic heterocycles. The Kier molecular flexibility index (Phi) is 6.13. The first kappa shape index (κ1) is 20.1. The van der Waals surface area contributed by atoms with Crippen molar-refractivity contribution in [1.82, 2.24) is 9.78 Å². The van der Waals surface area contributed by atoms with E-state index in [1.807, 2.05) is 13.8 Å². The molecule has 0 aromatic carbocycles. The first-order valence-electron chi connectivity index (χ1n) is 9.29. The third-order valence-electron chi connectivity index (χ3n) is 4.43. The molecule has 0 saturated carbocycles. The van der Waals surface area contributed by atoms with Gasteiger partial charge in [-0.05, 0) is 45.1 Å². The van der Waals surface area contributed by atoms with Crippen LogP contribution < -0.4 is 10.6 Å². The Bertz CT molecular complexity index is 900. The Labute approximate surface area is 167 Å². The number of nitrogens with zero attached hydrogens (tertiary/aromatic N) is 2. The summed E-state index contributed by atoms with van der Waals surface area (Å²) in [7, 11) is 0. The molecule has 150 valence electrons. The van der Waals surface area contributed by atoms with E-state index in [-0.39, 0.29) is 11.9 Å². The van der Waals surface area contributed by atoms with Gasteiger partial charge < -0.3 is 15.4 Å². The number of carbonyl (C=O) groups is 3. The maximum atomic E-state index is 12.7. The third-order valence-corrected chi connectivity index (χ3v) is 5.63. The maximum absolute atomic E-state index is 12.7. The van der Waals surface area contributed by atoms with Crippen molar-refractivity contribution in [3.8, 4) is 0 Å². The number of aromatic nitrogens is 2. The fraction of sp³-hybridized carbons (Fsp3) is 0.474. The Morgan fingerprint density at radius 3 is 2.71 bits per heavy atom. The summed E-state index contributed by atoms with van der Waals surface area (Å²) in [6.45, 7) is 4.89. The minimum Gasteiger partial charge on any atom is -0.452 e. The van der Waals surface area contributed by atoms with Crippen molar-refractivity contribution in [2.24, 2.45) is 0 Å². The van der Waals surface area contributed by atoms with E-state index in [0.717, 1.165) is 36.1 Å². The number of esters is 1. The lowest BCUT2D eigenvalue weighted by molar-refractivity contribution is -0.119. The summed E-state index contributed by atoms with van der Waals surface area (Å²) in [6.07, 6.45) is 5.31. The summed E-state index contributed by atoms with van der Waals surface area (Å²) >= 11 is 1.42. The highest BCUT2D eigenvalue weighted by Gasteiger charge is 2.27. The van der Waals surface area contributed by atoms with E-state index in [0.29, 0.717) is 16.4 Å². The van der Waals surface area contributed by atoms with Crippen molar-refractivity contribution < 1.29 is 19.1 Å². The van der Waals surface area contributed by atoms with E-state index in [1.54, 1.807) is 16.9 Å². The van der Waals surface area contributed by atoms with Gasteiger partial charge >= 0.3 is 5.97 Å². The number of aryl methyl sites for hydroxylation is 1. The first-order valence-corrected chi connectivity index (χ1v) is 10.1. The van der Waals surface area contributed by atoms with Gasteiger partial charge in [0.25, 0.3) is 5.91 Å². The van der Waals surface area contributed by atoms with Crippen molar-refractivity contribution in [3.05, 3.63) is 28.3 Å². The molecule has 3 rings (SSSR count). The zero-order valence-electron chi connectivity index (χ0n) is 16.2. The molecule has 0 saturated heterocycles. The minimum atomic E-state index is -0.587. The number of rotatable bonds is 6. The minimum absolute atomic E-state index is 0.0883. The molecule has 0 bridgehead atoms. The van der Waals surface area contributed by atoms with E-state index in [4.69, 9.17) is 4.74 Å². The monoisotopic (exact) mass is 404 g/mol. The second-order valence-electron chi connectivity index (χ2n) is 6.98. The molecule has 28 heavy (non-hydrogen) atoms. The standard InChI is InChI=1S/C19H24N4O4S/c1-11(2)23-15(8-9-20-23)22-16(25)10-27-19(26)17-13-6-4-5-7-14(13)28-18(17)21-12(3)24/h8-9,11H,4-7,10H2,1-3H3,(H,21,24)(H,22,25). The van der Waals surface area contributed by atoms with Crippen LogP contribution in [0.25, 0.3) is 0 Å². The number of ether oxygens (including phenoxy) is 1. The number of fused-ring (bicyclic) bond motifs is 1.